The minimum absolute atomic E-state index is 0.226. The first kappa shape index (κ1) is 22.0. The van der Waals surface area contributed by atoms with E-state index in [1.807, 2.05) is 32.0 Å². The number of nitrogens with one attached hydrogen (secondary N) is 1. The smallest absolute Gasteiger partial charge is 0.261 e. The SMILES string of the molecule is Cc1ccc(C(C)C)c(O[C@@H](C)C(=O)N[C@@H](C)c2ccc(S(C)(=O)=O)cc2)c1. The minimum atomic E-state index is -3.24. The second kappa shape index (κ2) is 8.78. The topological polar surface area (TPSA) is 72.5 Å². The van der Waals surface area contributed by atoms with E-state index in [2.05, 4.69) is 19.2 Å². The van der Waals surface area contributed by atoms with Crippen LogP contribution >= 0.6 is 0 Å². The number of benzene rings is 2. The molecule has 0 saturated heterocycles. The van der Waals surface area contributed by atoms with Crippen molar-refractivity contribution >= 4 is 15.7 Å². The average Bonchev–Trinajstić information content (AvgIpc) is 2.60. The zero-order valence-electron chi connectivity index (χ0n) is 17.3. The Hall–Kier alpha value is -2.34. The maximum absolute atomic E-state index is 12.6. The molecule has 0 aliphatic carbocycles. The molecule has 28 heavy (non-hydrogen) atoms. The second-order valence-corrected chi connectivity index (χ2v) is 9.54. The summed E-state index contributed by atoms with van der Waals surface area (Å²) in [5.74, 6) is 0.789. The van der Waals surface area contributed by atoms with E-state index in [1.165, 1.54) is 6.26 Å². The molecule has 0 saturated carbocycles. The van der Waals surface area contributed by atoms with Gasteiger partial charge in [-0.2, -0.15) is 0 Å². The fourth-order valence-corrected chi connectivity index (χ4v) is 3.51. The molecule has 6 heteroatoms. The van der Waals surface area contributed by atoms with Crippen LogP contribution in [-0.2, 0) is 14.6 Å². The van der Waals surface area contributed by atoms with Crippen LogP contribution in [0.5, 0.6) is 5.75 Å². The molecule has 0 aliphatic heterocycles. The largest absolute Gasteiger partial charge is 0.481 e. The second-order valence-electron chi connectivity index (χ2n) is 7.53. The van der Waals surface area contributed by atoms with Gasteiger partial charge in [0.15, 0.2) is 15.9 Å². The monoisotopic (exact) mass is 403 g/mol. The van der Waals surface area contributed by atoms with Crippen LogP contribution in [0.1, 0.15) is 56.3 Å². The fraction of sp³-hybridized carbons (Fsp3) is 0.409. The Morgan fingerprint density at radius 2 is 1.61 bits per heavy atom. The molecule has 2 aromatic rings. The summed E-state index contributed by atoms with van der Waals surface area (Å²) >= 11 is 0. The first-order chi connectivity index (χ1) is 13.0. The summed E-state index contributed by atoms with van der Waals surface area (Å²) in [4.78, 5) is 12.8. The van der Waals surface area contributed by atoms with E-state index in [4.69, 9.17) is 4.74 Å². The van der Waals surface area contributed by atoms with Crippen LogP contribution in [0.2, 0.25) is 0 Å². The van der Waals surface area contributed by atoms with Crippen LogP contribution in [0.4, 0.5) is 0 Å². The number of carbonyl (C=O) groups excluding carboxylic acids is 1. The zero-order valence-corrected chi connectivity index (χ0v) is 18.1. The minimum Gasteiger partial charge on any atom is -0.481 e. The van der Waals surface area contributed by atoms with Gasteiger partial charge in [-0.1, -0.05) is 38.1 Å². The van der Waals surface area contributed by atoms with Gasteiger partial charge in [0.05, 0.1) is 10.9 Å². The summed E-state index contributed by atoms with van der Waals surface area (Å²) in [5.41, 5.74) is 2.97. The summed E-state index contributed by atoms with van der Waals surface area (Å²) in [6.45, 7) is 9.74. The highest BCUT2D eigenvalue weighted by molar-refractivity contribution is 7.90. The number of ether oxygens (including phenoxy) is 1. The van der Waals surface area contributed by atoms with Crippen molar-refractivity contribution in [1.29, 1.82) is 0 Å². The third kappa shape index (κ3) is 5.58. The van der Waals surface area contributed by atoms with Crippen molar-refractivity contribution in [1.82, 2.24) is 5.32 Å². The normalized spacial score (nSPS) is 13.8. The molecular weight excluding hydrogens is 374 g/mol. The predicted molar refractivity (Wildman–Crippen MR) is 111 cm³/mol. The summed E-state index contributed by atoms with van der Waals surface area (Å²) in [7, 11) is -3.24. The van der Waals surface area contributed by atoms with Crippen LogP contribution in [-0.4, -0.2) is 26.7 Å². The van der Waals surface area contributed by atoms with Gasteiger partial charge >= 0.3 is 0 Å². The number of hydrogen-bond donors (Lipinski definition) is 1. The number of rotatable bonds is 7. The summed E-state index contributed by atoms with van der Waals surface area (Å²) < 4.78 is 29.1. The van der Waals surface area contributed by atoms with E-state index in [0.717, 1.165) is 22.4 Å². The van der Waals surface area contributed by atoms with Gasteiger partial charge in [-0.25, -0.2) is 8.42 Å². The van der Waals surface area contributed by atoms with Gasteiger partial charge < -0.3 is 10.1 Å². The summed E-state index contributed by atoms with van der Waals surface area (Å²) in [6.07, 6.45) is 0.514. The van der Waals surface area contributed by atoms with Crippen LogP contribution in [0.3, 0.4) is 0 Å². The lowest BCUT2D eigenvalue weighted by Gasteiger charge is -2.21. The molecule has 2 atom stereocenters. The quantitative estimate of drug-likeness (QED) is 0.753. The molecule has 2 rings (SSSR count). The highest BCUT2D eigenvalue weighted by Crippen LogP contribution is 2.28. The number of aryl methyl sites for hydroxylation is 1. The molecule has 0 aliphatic rings. The molecule has 5 nitrogen and oxygen atoms in total. The molecule has 0 unspecified atom stereocenters. The predicted octanol–water partition coefficient (Wildman–Crippen LogP) is 4.17. The Morgan fingerprint density at radius 3 is 2.14 bits per heavy atom. The highest BCUT2D eigenvalue weighted by Gasteiger charge is 2.20. The Morgan fingerprint density at radius 1 is 1.00 bits per heavy atom. The number of carbonyl (C=O) groups is 1. The van der Waals surface area contributed by atoms with Crippen molar-refractivity contribution < 1.29 is 17.9 Å². The molecule has 0 radical (unpaired) electrons. The first-order valence-corrected chi connectivity index (χ1v) is 11.3. The number of hydrogen-bond acceptors (Lipinski definition) is 4. The van der Waals surface area contributed by atoms with E-state index < -0.39 is 15.9 Å². The standard InChI is InChI=1S/C22H29NO4S/c1-14(2)20-12-7-15(3)13-21(20)27-17(5)22(24)23-16(4)18-8-10-19(11-9-18)28(6,25)26/h7-14,16-17H,1-6H3,(H,23,24)/t16-,17-/m0/s1. The lowest BCUT2D eigenvalue weighted by atomic mass is 10.0. The van der Waals surface area contributed by atoms with Crippen LogP contribution in [0.15, 0.2) is 47.4 Å². The molecule has 0 spiro atoms. The number of amides is 1. The molecule has 0 fully saturated rings. The van der Waals surface area contributed by atoms with E-state index in [1.54, 1.807) is 31.2 Å². The molecule has 0 bridgehead atoms. The van der Waals surface area contributed by atoms with Gasteiger partial charge in [0, 0.05) is 6.26 Å². The van der Waals surface area contributed by atoms with E-state index >= 15 is 0 Å². The van der Waals surface area contributed by atoms with Crippen LogP contribution < -0.4 is 10.1 Å². The van der Waals surface area contributed by atoms with Crippen molar-refractivity contribution in [2.45, 2.75) is 57.6 Å². The Labute approximate surface area is 168 Å². The van der Waals surface area contributed by atoms with E-state index in [-0.39, 0.29) is 22.8 Å². The van der Waals surface area contributed by atoms with Gasteiger partial charge in [0.25, 0.3) is 5.91 Å². The first-order valence-electron chi connectivity index (χ1n) is 9.36. The molecule has 152 valence electrons. The Bertz CT molecular complexity index is 934. The number of sulfone groups is 1. The van der Waals surface area contributed by atoms with Crippen molar-refractivity contribution in [2.24, 2.45) is 0 Å². The van der Waals surface area contributed by atoms with E-state index in [0.29, 0.717) is 0 Å². The van der Waals surface area contributed by atoms with Gasteiger partial charge in [-0.3, -0.25) is 4.79 Å². The zero-order chi connectivity index (χ0) is 21.1. The third-order valence-electron chi connectivity index (χ3n) is 4.63. The van der Waals surface area contributed by atoms with Crippen molar-refractivity contribution in [3.05, 3.63) is 59.2 Å². The molecular formula is C22H29NO4S. The van der Waals surface area contributed by atoms with Gasteiger partial charge in [0.2, 0.25) is 0 Å². The molecule has 2 aromatic carbocycles. The fourth-order valence-electron chi connectivity index (χ4n) is 2.88. The van der Waals surface area contributed by atoms with Crippen molar-refractivity contribution in [3.8, 4) is 5.75 Å². The maximum Gasteiger partial charge on any atom is 0.261 e. The van der Waals surface area contributed by atoms with Crippen molar-refractivity contribution in [2.75, 3.05) is 6.26 Å². The van der Waals surface area contributed by atoms with E-state index in [9.17, 15) is 13.2 Å². The Balaban J connectivity index is 2.07. The lowest BCUT2D eigenvalue weighted by molar-refractivity contribution is -0.127. The molecule has 0 aromatic heterocycles. The van der Waals surface area contributed by atoms with Crippen LogP contribution in [0, 0.1) is 6.92 Å². The Kier molecular flexibility index (Phi) is 6.88. The van der Waals surface area contributed by atoms with Gasteiger partial charge in [-0.15, -0.1) is 0 Å². The van der Waals surface area contributed by atoms with Gasteiger partial charge in [0.1, 0.15) is 5.75 Å². The average molecular weight is 404 g/mol. The van der Waals surface area contributed by atoms with Gasteiger partial charge in [-0.05, 0) is 61.6 Å². The maximum atomic E-state index is 12.6. The lowest BCUT2D eigenvalue weighted by Crippen LogP contribution is -2.38. The summed E-state index contributed by atoms with van der Waals surface area (Å²) in [6, 6.07) is 12.3. The third-order valence-corrected chi connectivity index (χ3v) is 5.76. The molecule has 1 N–H and O–H groups in total. The van der Waals surface area contributed by atoms with Crippen LogP contribution in [0.25, 0.3) is 0 Å². The summed E-state index contributed by atoms with van der Waals surface area (Å²) in [5, 5.41) is 2.92. The highest BCUT2D eigenvalue weighted by atomic mass is 32.2. The molecule has 1 amide bonds. The molecule has 0 heterocycles. The van der Waals surface area contributed by atoms with Crippen molar-refractivity contribution in [3.63, 3.8) is 0 Å².